The van der Waals surface area contributed by atoms with Gasteiger partial charge in [-0.25, -0.2) is 4.58 Å². The molecule has 2 aliphatic heterocycles. The van der Waals surface area contributed by atoms with Crippen LogP contribution in [0.3, 0.4) is 0 Å². The smallest absolute Gasteiger partial charge is 0.178 e. The summed E-state index contributed by atoms with van der Waals surface area (Å²) in [7, 11) is 0. The average Bonchev–Trinajstić information content (AvgIpc) is 2.92. The van der Waals surface area contributed by atoms with Crippen LogP contribution in [0.25, 0.3) is 0 Å². The van der Waals surface area contributed by atoms with Crippen molar-refractivity contribution >= 4 is 5.71 Å². The number of rotatable bonds is 1. The summed E-state index contributed by atoms with van der Waals surface area (Å²) in [5, 5.41) is 0. The molecule has 0 N–H and O–H groups in total. The number of morpholine rings is 1. The second-order valence-electron chi connectivity index (χ2n) is 6.94. The van der Waals surface area contributed by atoms with E-state index in [1.54, 1.807) is 11.4 Å². The third kappa shape index (κ3) is 3.02. The highest BCUT2D eigenvalue weighted by atomic mass is 16.5. The minimum atomic E-state index is 0.403. The maximum atomic E-state index is 5.48. The first-order valence-corrected chi connectivity index (χ1v) is 7.78. The Hall–Kier alpha value is -0.830. The molecule has 3 rings (SSSR count). The fourth-order valence-electron chi connectivity index (χ4n) is 3.60. The fraction of sp³-hybridized carbons (Fsp3) is 0.812. The zero-order chi connectivity index (χ0) is 13.3. The summed E-state index contributed by atoms with van der Waals surface area (Å²) in [6.07, 6.45) is 7.67. The van der Waals surface area contributed by atoms with Crippen LogP contribution in [0, 0.1) is 5.41 Å². The number of allylic oxidation sites excluding steroid dienone is 2. The molecule has 0 atom stereocenters. The van der Waals surface area contributed by atoms with Gasteiger partial charge in [0.05, 0.1) is 13.2 Å². The standard InChI is InChI=1S/C16H27N2O/c1-16(2)12-14(17-5-3-4-6-17)11-15(13-16)18-7-9-19-10-8-18/h11H,3-10,12-13H2,1-2H3/q+1. The van der Waals surface area contributed by atoms with Gasteiger partial charge in [-0.05, 0) is 11.8 Å². The van der Waals surface area contributed by atoms with E-state index in [1.165, 1.54) is 38.8 Å². The van der Waals surface area contributed by atoms with Crippen LogP contribution in [-0.2, 0) is 4.74 Å². The monoisotopic (exact) mass is 263 g/mol. The molecule has 3 aliphatic rings. The Morgan fingerprint density at radius 2 is 1.79 bits per heavy atom. The first-order chi connectivity index (χ1) is 9.14. The summed E-state index contributed by atoms with van der Waals surface area (Å²) in [4.78, 5) is 2.54. The van der Waals surface area contributed by atoms with Crippen LogP contribution in [0.4, 0.5) is 0 Å². The SMILES string of the molecule is CC1(C)CC(N2CCOCC2)=CC(=[N+]2CCCC2)C1. The second kappa shape index (κ2) is 5.28. The van der Waals surface area contributed by atoms with Crippen molar-refractivity contribution in [1.29, 1.82) is 0 Å². The molecule has 3 heteroatoms. The summed E-state index contributed by atoms with van der Waals surface area (Å²) >= 11 is 0. The van der Waals surface area contributed by atoms with E-state index < -0.39 is 0 Å². The van der Waals surface area contributed by atoms with Crippen LogP contribution in [0.2, 0.25) is 0 Å². The molecule has 0 radical (unpaired) electrons. The van der Waals surface area contributed by atoms with Gasteiger partial charge in [0.25, 0.3) is 0 Å². The van der Waals surface area contributed by atoms with Crippen molar-refractivity contribution in [3.8, 4) is 0 Å². The van der Waals surface area contributed by atoms with Crippen molar-refractivity contribution in [2.75, 3.05) is 39.4 Å². The summed E-state index contributed by atoms with van der Waals surface area (Å²) in [5.41, 5.74) is 3.53. The molecule has 0 saturated carbocycles. The van der Waals surface area contributed by atoms with E-state index in [0.717, 1.165) is 26.3 Å². The van der Waals surface area contributed by atoms with Crippen molar-refractivity contribution in [3.63, 3.8) is 0 Å². The van der Waals surface area contributed by atoms with Crippen LogP contribution >= 0.6 is 0 Å². The first-order valence-electron chi connectivity index (χ1n) is 7.78. The Balaban J connectivity index is 1.86. The zero-order valence-corrected chi connectivity index (χ0v) is 12.5. The van der Waals surface area contributed by atoms with E-state index in [9.17, 15) is 0 Å². The Labute approximate surface area is 116 Å². The van der Waals surface area contributed by atoms with Gasteiger partial charge >= 0.3 is 0 Å². The molecule has 0 aromatic heterocycles. The van der Waals surface area contributed by atoms with E-state index in [0.29, 0.717) is 5.41 Å². The van der Waals surface area contributed by atoms with E-state index in [-0.39, 0.29) is 0 Å². The number of hydrogen-bond acceptors (Lipinski definition) is 2. The lowest BCUT2D eigenvalue weighted by Gasteiger charge is -2.37. The van der Waals surface area contributed by atoms with Gasteiger partial charge in [0.2, 0.25) is 0 Å². The number of ether oxygens (including phenoxy) is 1. The van der Waals surface area contributed by atoms with E-state index in [2.05, 4.69) is 29.4 Å². The molecule has 1 aliphatic carbocycles. The highest BCUT2D eigenvalue weighted by molar-refractivity contribution is 5.92. The van der Waals surface area contributed by atoms with Crippen molar-refractivity contribution in [2.24, 2.45) is 5.41 Å². The van der Waals surface area contributed by atoms with Gasteiger partial charge in [-0.3, -0.25) is 0 Å². The van der Waals surface area contributed by atoms with Gasteiger partial charge in [0.15, 0.2) is 5.71 Å². The highest BCUT2D eigenvalue weighted by Crippen LogP contribution is 2.35. The van der Waals surface area contributed by atoms with Crippen molar-refractivity contribution in [1.82, 2.24) is 4.90 Å². The molecule has 0 aromatic rings. The summed E-state index contributed by atoms with van der Waals surface area (Å²) < 4.78 is 8.10. The topological polar surface area (TPSA) is 15.5 Å². The van der Waals surface area contributed by atoms with E-state index >= 15 is 0 Å². The van der Waals surface area contributed by atoms with Crippen LogP contribution in [0.15, 0.2) is 11.8 Å². The van der Waals surface area contributed by atoms with Crippen LogP contribution < -0.4 is 0 Å². The number of nitrogens with zero attached hydrogens (tertiary/aromatic N) is 2. The maximum Gasteiger partial charge on any atom is 0.178 e. The van der Waals surface area contributed by atoms with Crippen LogP contribution in [0.5, 0.6) is 0 Å². The van der Waals surface area contributed by atoms with E-state index in [1.807, 2.05) is 0 Å². The predicted molar refractivity (Wildman–Crippen MR) is 77.7 cm³/mol. The van der Waals surface area contributed by atoms with Crippen molar-refractivity contribution in [2.45, 2.75) is 39.5 Å². The first kappa shape index (κ1) is 13.2. The number of hydrogen-bond donors (Lipinski definition) is 0. The molecule has 0 unspecified atom stereocenters. The fourth-order valence-corrected chi connectivity index (χ4v) is 3.60. The van der Waals surface area contributed by atoms with E-state index in [4.69, 9.17) is 4.74 Å². The minimum absolute atomic E-state index is 0.403. The summed E-state index contributed by atoms with van der Waals surface area (Å²) in [6, 6.07) is 0. The summed E-state index contributed by atoms with van der Waals surface area (Å²) in [6.45, 7) is 11.3. The van der Waals surface area contributed by atoms with Gasteiger partial charge in [-0.15, -0.1) is 0 Å². The molecule has 0 spiro atoms. The van der Waals surface area contributed by atoms with Crippen molar-refractivity contribution in [3.05, 3.63) is 11.8 Å². The highest BCUT2D eigenvalue weighted by Gasteiger charge is 2.33. The van der Waals surface area contributed by atoms with Crippen molar-refractivity contribution < 1.29 is 9.31 Å². The Morgan fingerprint density at radius 1 is 1.11 bits per heavy atom. The predicted octanol–water partition coefficient (Wildman–Crippen LogP) is 2.27. The third-order valence-corrected chi connectivity index (χ3v) is 4.58. The lowest BCUT2D eigenvalue weighted by molar-refractivity contribution is -0.507. The zero-order valence-electron chi connectivity index (χ0n) is 12.5. The van der Waals surface area contributed by atoms with Gasteiger partial charge in [-0.1, -0.05) is 13.8 Å². The second-order valence-corrected chi connectivity index (χ2v) is 6.94. The van der Waals surface area contributed by atoms with Gasteiger partial charge in [0, 0.05) is 44.1 Å². The summed E-state index contributed by atoms with van der Waals surface area (Å²) in [5.74, 6) is 0. The normalized spacial score (nSPS) is 27.7. The molecule has 19 heavy (non-hydrogen) atoms. The largest absolute Gasteiger partial charge is 0.378 e. The minimum Gasteiger partial charge on any atom is -0.378 e. The maximum absolute atomic E-state index is 5.48. The molecule has 2 saturated heterocycles. The van der Waals surface area contributed by atoms with Gasteiger partial charge < -0.3 is 9.64 Å². The lowest BCUT2D eigenvalue weighted by atomic mass is 9.78. The van der Waals surface area contributed by atoms with Gasteiger partial charge in [0.1, 0.15) is 13.1 Å². The molecule has 0 bridgehead atoms. The molecular formula is C16H27N2O+. The van der Waals surface area contributed by atoms with Crippen LogP contribution in [-0.4, -0.2) is 54.6 Å². The Bertz CT molecular complexity index is 395. The quantitative estimate of drug-likeness (QED) is 0.674. The molecule has 2 heterocycles. The Kier molecular flexibility index (Phi) is 3.66. The molecule has 0 amide bonds. The van der Waals surface area contributed by atoms with Crippen LogP contribution in [0.1, 0.15) is 39.5 Å². The third-order valence-electron chi connectivity index (χ3n) is 4.58. The molecule has 106 valence electrons. The molecule has 0 aromatic carbocycles. The lowest BCUT2D eigenvalue weighted by Crippen LogP contribution is -2.40. The molecule has 2 fully saturated rings. The molecule has 3 nitrogen and oxygen atoms in total. The molecular weight excluding hydrogens is 236 g/mol. The van der Waals surface area contributed by atoms with Gasteiger partial charge in [-0.2, -0.15) is 0 Å². The Morgan fingerprint density at radius 3 is 2.47 bits per heavy atom. The average molecular weight is 263 g/mol.